The number of benzene rings is 2. The predicted molar refractivity (Wildman–Crippen MR) is 158 cm³/mol. The van der Waals surface area contributed by atoms with Crippen LogP contribution in [0.1, 0.15) is 21.6 Å². The topological polar surface area (TPSA) is 161 Å². The number of anilines is 4. The highest BCUT2D eigenvalue weighted by Gasteiger charge is 2.10. The second kappa shape index (κ2) is 16.5. The van der Waals surface area contributed by atoms with Crippen molar-refractivity contribution in [2.45, 2.75) is 13.1 Å². The monoisotopic (exact) mass is 557 g/mol. The summed E-state index contributed by atoms with van der Waals surface area (Å²) in [6.45, 7) is 3.65. The van der Waals surface area contributed by atoms with Gasteiger partial charge in [-0.3, -0.25) is 9.78 Å². The lowest BCUT2D eigenvalue weighted by atomic mass is 10.2. The fourth-order valence-corrected chi connectivity index (χ4v) is 3.65. The molecule has 1 amide bonds. The third-order valence-corrected chi connectivity index (χ3v) is 5.63. The first-order chi connectivity index (χ1) is 20.2. The molecule has 4 aromatic rings. The number of nitrogens with zero attached hydrogens (tertiary/aromatic N) is 4. The van der Waals surface area contributed by atoms with Crippen LogP contribution < -0.4 is 27.0 Å². The first-order valence-electron chi connectivity index (χ1n) is 13.4. The molecule has 0 aliphatic rings. The number of ether oxygens (including phenoxy) is 2. The Hall–Kier alpha value is -4.65. The third-order valence-electron chi connectivity index (χ3n) is 5.63. The molecule has 0 bridgehead atoms. The molecule has 214 valence electrons. The normalized spacial score (nSPS) is 10.7. The summed E-state index contributed by atoms with van der Waals surface area (Å²) in [5, 5.41) is 12.5. The molecule has 2 heterocycles. The van der Waals surface area contributed by atoms with Gasteiger partial charge in [0, 0.05) is 37.1 Å². The fraction of sp³-hybridized carbons (Fsp3) is 0.276. The average Bonchev–Trinajstić information content (AvgIpc) is 3.01. The molecule has 6 N–H and O–H groups in total. The van der Waals surface area contributed by atoms with E-state index in [-0.39, 0.29) is 5.91 Å². The van der Waals surface area contributed by atoms with Crippen molar-refractivity contribution in [3.8, 4) is 0 Å². The van der Waals surface area contributed by atoms with Gasteiger partial charge in [-0.05, 0) is 35.9 Å². The molecule has 12 nitrogen and oxygen atoms in total. The van der Waals surface area contributed by atoms with Gasteiger partial charge in [-0.2, -0.15) is 15.0 Å². The highest BCUT2D eigenvalue weighted by Crippen LogP contribution is 2.18. The summed E-state index contributed by atoms with van der Waals surface area (Å²) in [4.78, 5) is 30.6. The van der Waals surface area contributed by atoms with Crippen LogP contribution in [0.4, 0.5) is 23.5 Å². The van der Waals surface area contributed by atoms with Gasteiger partial charge in [0.15, 0.2) is 0 Å². The number of amides is 1. The zero-order valence-electron chi connectivity index (χ0n) is 22.8. The molecule has 0 fully saturated rings. The van der Waals surface area contributed by atoms with E-state index in [0.717, 1.165) is 11.3 Å². The van der Waals surface area contributed by atoms with Crippen molar-refractivity contribution in [3.63, 3.8) is 0 Å². The van der Waals surface area contributed by atoms with Gasteiger partial charge < -0.3 is 36.5 Å². The summed E-state index contributed by atoms with van der Waals surface area (Å²) in [6, 6.07) is 22.8. The number of aromatic nitrogens is 4. The third kappa shape index (κ3) is 10.4. The molecule has 0 aliphatic heterocycles. The highest BCUT2D eigenvalue weighted by molar-refractivity contribution is 5.95. The van der Waals surface area contributed by atoms with E-state index in [1.807, 2.05) is 54.6 Å². The molecule has 0 saturated carbocycles. The zero-order chi connectivity index (χ0) is 28.5. The molecule has 0 atom stereocenters. The summed E-state index contributed by atoms with van der Waals surface area (Å²) < 4.78 is 10.7. The highest BCUT2D eigenvalue weighted by atomic mass is 16.5. The minimum atomic E-state index is -0.213. The minimum Gasteiger partial charge on any atom is -0.378 e. The van der Waals surface area contributed by atoms with Crippen LogP contribution in [0.25, 0.3) is 0 Å². The van der Waals surface area contributed by atoms with Gasteiger partial charge in [0.2, 0.25) is 17.8 Å². The maximum Gasteiger partial charge on any atom is 0.251 e. The van der Waals surface area contributed by atoms with E-state index >= 15 is 0 Å². The first-order valence-corrected chi connectivity index (χ1v) is 13.4. The van der Waals surface area contributed by atoms with E-state index in [0.29, 0.717) is 81.7 Å². The fourth-order valence-electron chi connectivity index (χ4n) is 3.65. The average molecular weight is 558 g/mol. The van der Waals surface area contributed by atoms with Crippen molar-refractivity contribution in [3.05, 3.63) is 95.8 Å². The maximum absolute atomic E-state index is 12.7. The Morgan fingerprint density at radius 2 is 1.49 bits per heavy atom. The largest absolute Gasteiger partial charge is 0.378 e. The Labute approximate surface area is 239 Å². The number of rotatable bonds is 17. The molecule has 2 aromatic heterocycles. The summed E-state index contributed by atoms with van der Waals surface area (Å²) in [7, 11) is 0. The Bertz CT molecular complexity index is 1280. The van der Waals surface area contributed by atoms with Crippen LogP contribution in [-0.4, -0.2) is 65.4 Å². The van der Waals surface area contributed by atoms with Crippen LogP contribution >= 0.6 is 0 Å². The molecular weight excluding hydrogens is 522 g/mol. The van der Waals surface area contributed by atoms with Crippen molar-refractivity contribution in [2.24, 2.45) is 5.73 Å². The molecule has 2 aromatic carbocycles. The van der Waals surface area contributed by atoms with E-state index in [4.69, 9.17) is 15.2 Å². The minimum absolute atomic E-state index is 0.213. The number of carbonyl (C=O) groups is 1. The van der Waals surface area contributed by atoms with E-state index < -0.39 is 0 Å². The van der Waals surface area contributed by atoms with Crippen LogP contribution in [0.2, 0.25) is 0 Å². The quantitative estimate of drug-likeness (QED) is 0.121. The van der Waals surface area contributed by atoms with Gasteiger partial charge in [-0.25, -0.2) is 0 Å². The van der Waals surface area contributed by atoms with E-state index in [2.05, 4.69) is 41.2 Å². The number of pyridine rings is 1. The van der Waals surface area contributed by atoms with Gasteiger partial charge in [0.05, 0.1) is 38.7 Å². The molecule has 12 heteroatoms. The van der Waals surface area contributed by atoms with Crippen LogP contribution in [0.5, 0.6) is 0 Å². The van der Waals surface area contributed by atoms with Crippen molar-refractivity contribution in [2.75, 3.05) is 55.5 Å². The van der Waals surface area contributed by atoms with E-state index in [1.165, 1.54) is 0 Å². The summed E-state index contributed by atoms with van der Waals surface area (Å²) in [5.41, 5.74) is 8.47. The molecule has 0 aliphatic carbocycles. The van der Waals surface area contributed by atoms with E-state index in [9.17, 15) is 4.79 Å². The van der Waals surface area contributed by atoms with Crippen LogP contribution in [0.15, 0.2) is 79.0 Å². The van der Waals surface area contributed by atoms with Crippen molar-refractivity contribution in [1.29, 1.82) is 0 Å². The van der Waals surface area contributed by atoms with Gasteiger partial charge in [-0.15, -0.1) is 0 Å². The van der Waals surface area contributed by atoms with Gasteiger partial charge in [0.25, 0.3) is 5.91 Å². The van der Waals surface area contributed by atoms with Crippen molar-refractivity contribution >= 4 is 29.4 Å². The number of nitrogens with two attached hydrogens (primary N) is 1. The smallest absolute Gasteiger partial charge is 0.251 e. The van der Waals surface area contributed by atoms with Crippen LogP contribution in [0.3, 0.4) is 0 Å². The number of nitrogens with one attached hydrogen (secondary N) is 4. The SMILES string of the molecule is NCCOCCOCCNC(=O)c1cccc(Nc2nc(NCc3ccccc3)nc(NCc3ccccn3)n2)c1. The Morgan fingerprint density at radius 3 is 2.24 bits per heavy atom. The first kappa shape index (κ1) is 29.3. The molecular formula is C29H35N9O3. The van der Waals surface area contributed by atoms with Gasteiger partial charge in [-0.1, -0.05) is 42.5 Å². The van der Waals surface area contributed by atoms with Crippen molar-refractivity contribution in [1.82, 2.24) is 25.3 Å². The number of hydrogen-bond acceptors (Lipinski definition) is 11. The Balaban J connectivity index is 1.38. The lowest BCUT2D eigenvalue weighted by molar-refractivity contribution is 0.0511. The molecule has 4 rings (SSSR count). The van der Waals surface area contributed by atoms with Crippen LogP contribution in [-0.2, 0) is 22.6 Å². The Kier molecular flexibility index (Phi) is 11.8. The van der Waals surface area contributed by atoms with Gasteiger partial charge in [0.1, 0.15) is 0 Å². The second-order valence-electron chi connectivity index (χ2n) is 8.80. The summed E-state index contributed by atoms with van der Waals surface area (Å²) >= 11 is 0. The Morgan fingerprint density at radius 1 is 0.756 bits per heavy atom. The second-order valence-corrected chi connectivity index (χ2v) is 8.80. The molecule has 0 radical (unpaired) electrons. The molecule has 0 saturated heterocycles. The summed E-state index contributed by atoms with van der Waals surface area (Å²) in [6.07, 6.45) is 1.74. The molecule has 0 unspecified atom stereocenters. The maximum atomic E-state index is 12.7. The standard InChI is InChI=1S/C29H35N9O3/c30-12-15-40-17-18-41-16-14-32-26(39)23-9-6-11-24(19-23)35-29-37-27(33-20-22-7-2-1-3-8-22)36-28(38-29)34-21-25-10-4-5-13-31-25/h1-11,13,19H,12,14-18,20-21,30H2,(H,32,39)(H3,33,34,35,36,37,38). The number of carbonyl (C=O) groups excluding carboxylic acids is 1. The van der Waals surface area contributed by atoms with Crippen LogP contribution in [0, 0.1) is 0 Å². The lowest BCUT2D eigenvalue weighted by Gasteiger charge is -2.12. The van der Waals surface area contributed by atoms with Crippen molar-refractivity contribution < 1.29 is 14.3 Å². The zero-order valence-corrected chi connectivity index (χ0v) is 22.8. The molecule has 0 spiro atoms. The molecule has 41 heavy (non-hydrogen) atoms. The predicted octanol–water partition coefficient (Wildman–Crippen LogP) is 2.96. The lowest BCUT2D eigenvalue weighted by Crippen LogP contribution is -2.27. The number of hydrogen-bond donors (Lipinski definition) is 5. The van der Waals surface area contributed by atoms with Gasteiger partial charge >= 0.3 is 0 Å². The summed E-state index contributed by atoms with van der Waals surface area (Å²) in [5.74, 6) is 0.889. The van der Waals surface area contributed by atoms with E-state index in [1.54, 1.807) is 24.4 Å².